The summed E-state index contributed by atoms with van der Waals surface area (Å²) in [5.41, 5.74) is 2.45. The Morgan fingerprint density at radius 1 is 1.33 bits per heavy atom. The van der Waals surface area contributed by atoms with E-state index in [0.717, 1.165) is 52.8 Å². The number of piperidine rings is 1. The smallest absolute Gasteiger partial charge is 0.224 e. The number of anilines is 1. The number of alkyl halides is 1. The summed E-state index contributed by atoms with van der Waals surface area (Å²) >= 11 is 1.60. The van der Waals surface area contributed by atoms with Crippen LogP contribution in [0, 0.1) is 24.2 Å². The van der Waals surface area contributed by atoms with Crippen molar-refractivity contribution in [3.8, 4) is 16.5 Å². The van der Waals surface area contributed by atoms with Crippen LogP contribution in [0.15, 0.2) is 24.3 Å². The Morgan fingerprint density at radius 2 is 2.03 bits per heavy atom. The number of thiazole rings is 1. The molecule has 2 fully saturated rings. The summed E-state index contributed by atoms with van der Waals surface area (Å²) in [4.78, 5) is 20.8. The van der Waals surface area contributed by atoms with E-state index in [0.29, 0.717) is 12.8 Å². The SMILES string of the molecule is Cc1nc([C@@H]2CC[C@H](F)CC2C(=O)NCC#N)c(-c2ccc(N3CCC(C)(O)CC3)cc2)s1. The van der Waals surface area contributed by atoms with Crippen molar-refractivity contribution in [3.63, 3.8) is 0 Å². The van der Waals surface area contributed by atoms with Gasteiger partial charge in [-0.15, -0.1) is 11.3 Å². The largest absolute Gasteiger partial charge is 0.390 e. The Morgan fingerprint density at radius 3 is 2.70 bits per heavy atom. The number of hydrogen-bond donors (Lipinski definition) is 2. The number of benzene rings is 1. The molecule has 1 saturated heterocycles. The molecule has 2 N–H and O–H groups in total. The van der Waals surface area contributed by atoms with Gasteiger partial charge in [0, 0.05) is 30.6 Å². The molecule has 4 rings (SSSR count). The number of amides is 1. The standard InChI is InChI=1S/C25H31FN4O2S/c1-16-29-22(20-8-5-18(26)15-21(20)24(31)28-12-11-27)23(33-16)17-3-6-19(7-4-17)30-13-9-25(2,32)10-14-30/h3-4,6-7,18,20-21,32H,5,8-10,12-15H2,1-2H3,(H,28,31)/t18-,20+,21?/m0/s1. The molecule has 1 aliphatic heterocycles. The van der Waals surface area contributed by atoms with Crippen LogP contribution in [0.25, 0.3) is 10.4 Å². The number of nitrogens with one attached hydrogen (secondary N) is 1. The molecule has 0 bridgehead atoms. The Labute approximate surface area is 198 Å². The summed E-state index contributed by atoms with van der Waals surface area (Å²) in [6.45, 7) is 5.42. The summed E-state index contributed by atoms with van der Waals surface area (Å²) in [6.07, 6.45) is 1.63. The second-order valence-electron chi connectivity index (χ2n) is 9.48. The van der Waals surface area contributed by atoms with Crippen LogP contribution < -0.4 is 10.2 Å². The third-order valence-electron chi connectivity index (χ3n) is 6.91. The van der Waals surface area contributed by atoms with Gasteiger partial charge in [0.15, 0.2) is 0 Å². The molecule has 2 heterocycles. The quantitative estimate of drug-likeness (QED) is 0.635. The fourth-order valence-electron chi connectivity index (χ4n) is 4.97. The first-order valence-electron chi connectivity index (χ1n) is 11.6. The van der Waals surface area contributed by atoms with Gasteiger partial charge in [-0.3, -0.25) is 4.79 Å². The second kappa shape index (κ2) is 9.78. The van der Waals surface area contributed by atoms with E-state index in [4.69, 9.17) is 10.2 Å². The second-order valence-corrected chi connectivity index (χ2v) is 10.7. The van der Waals surface area contributed by atoms with Crippen LogP contribution in [0.5, 0.6) is 0 Å². The lowest BCUT2D eigenvalue weighted by molar-refractivity contribution is -0.127. The van der Waals surface area contributed by atoms with Crippen LogP contribution in [0.1, 0.15) is 55.6 Å². The Hall–Kier alpha value is -2.50. The third kappa shape index (κ3) is 5.36. The molecule has 0 spiro atoms. The van der Waals surface area contributed by atoms with Gasteiger partial charge >= 0.3 is 0 Å². The molecule has 1 aromatic carbocycles. The number of carbonyl (C=O) groups excluding carboxylic acids is 1. The van der Waals surface area contributed by atoms with Gasteiger partial charge in [-0.25, -0.2) is 9.37 Å². The van der Waals surface area contributed by atoms with E-state index in [1.807, 2.05) is 19.9 Å². The van der Waals surface area contributed by atoms with Gasteiger partial charge in [0.1, 0.15) is 12.7 Å². The van der Waals surface area contributed by atoms with E-state index in [2.05, 4.69) is 34.5 Å². The van der Waals surface area contributed by atoms with Crippen molar-refractivity contribution in [2.75, 3.05) is 24.5 Å². The summed E-state index contributed by atoms with van der Waals surface area (Å²) in [7, 11) is 0. The molecule has 0 radical (unpaired) electrons. The molecule has 3 atom stereocenters. The summed E-state index contributed by atoms with van der Waals surface area (Å²) < 4.78 is 14.2. The van der Waals surface area contributed by atoms with Crippen LogP contribution in [0.4, 0.5) is 10.1 Å². The molecule has 1 aliphatic carbocycles. The lowest BCUT2D eigenvalue weighted by Gasteiger charge is -2.37. The van der Waals surface area contributed by atoms with Crippen molar-refractivity contribution in [3.05, 3.63) is 35.0 Å². The first-order chi connectivity index (χ1) is 15.8. The lowest BCUT2D eigenvalue weighted by Crippen LogP contribution is -2.42. The summed E-state index contributed by atoms with van der Waals surface area (Å²) in [5, 5.41) is 22.6. The van der Waals surface area contributed by atoms with E-state index in [1.165, 1.54) is 0 Å². The van der Waals surface area contributed by atoms with Crippen LogP contribution in [0.2, 0.25) is 0 Å². The maximum Gasteiger partial charge on any atom is 0.224 e. The minimum atomic E-state index is -1.01. The van der Waals surface area contributed by atoms with Crippen molar-refractivity contribution in [1.29, 1.82) is 5.26 Å². The molecule has 2 aromatic rings. The highest BCUT2D eigenvalue weighted by molar-refractivity contribution is 7.15. The number of hydrogen-bond acceptors (Lipinski definition) is 6. The highest BCUT2D eigenvalue weighted by Crippen LogP contribution is 2.44. The molecule has 1 saturated carbocycles. The van der Waals surface area contributed by atoms with E-state index in [9.17, 15) is 14.3 Å². The van der Waals surface area contributed by atoms with Gasteiger partial charge in [-0.05, 0) is 63.6 Å². The first-order valence-corrected chi connectivity index (χ1v) is 12.4. The van der Waals surface area contributed by atoms with Gasteiger partial charge in [0.25, 0.3) is 0 Å². The molecule has 8 heteroatoms. The number of halogens is 1. The van der Waals surface area contributed by atoms with Crippen LogP contribution in [-0.2, 0) is 4.79 Å². The molecule has 1 amide bonds. The van der Waals surface area contributed by atoms with E-state index >= 15 is 0 Å². The van der Waals surface area contributed by atoms with E-state index < -0.39 is 17.7 Å². The van der Waals surface area contributed by atoms with Crippen molar-refractivity contribution >= 4 is 22.9 Å². The topological polar surface area (TPSA) is 89.2 Å². The Kier molecular flexibility index (Phi) is 7.01. The number of carbonyl (C=O) groups is 1. The summed E-state index contributed by atoms with van der Waals surface area (Å²) in [6, 6.07) is 10.3. The van der Waals surface area contributed by atoms with Crippen molar-refractivity contribution < 1.29 is 14.3 Å². The van der Waals surface area contributed by atoms with Crippen molar-refractivity contribution in [2.24, 2.45) is 5.92 Å². The molecular formula is C25H31FN4O2S. The van der Waals surface area contributed by atoms with Gasteiger partial charge < -0.3 is 15.3 Å². The highest BCUT2D eigenvalue weighted by Gasteiger charge is 2.39. The van der Waals surface area contributed by atoms with E-state index in [-0.39, 0.29) is 24.8 Å². The predicted octanol–water partition coefficient (Wildman–Crippen LogP) is 4.33. The number of aryl methyl sites for hydroxylation is 1. The monoisotopic (exact) mass is 470 g/mol. The maximum atomic E-state index is 14.2. The highest BCUT2D eigenvalue weighted by atomic mass is 32.1. The zero-order chi connectivity index (χ0) is 23.6. The van der Waals surface area contributed by atoms with Gasteiger partial charge in [0.05, 0.1) is 27.2 Å². The van der Waals surface area contributed by atoms with Gasteiger partial charge in [-0.2, -0.15) is 5.26 Å². The maximum absolute atomic E-state index is 14.2. The molecule has 176 valence electrons. The Balaban J connectivity index is 1.58. The molecule has 33 heavy (non-hydrogen) atoms. The van der Waals surface area contributed by atoms with E-state index in [1.54, 1.807) is 11.3 Å². The summed E-state index contributed by atoms with van der Waals surface area (Å²) in [5.74, 6) is -0.959. The normalized spacial score (nSPS) is 24.8. The average molecular weight is 471 g/mol. The third-order valence-corrected chi connectivity index (χ3v) is 7.95. The van der Waals surface area contributed by atoms with Crippen LogP contribution in [-0.4, -0.2) is 47.4 Å². The molecular weight excluding hydrogens is 439 g/mol. The molecule has 2 aliphatic rings. The van der Waals surface area contributed by atoms with Gasteiger partial charge in [-0.1, -0.05) is 12.1 Å². The van der Waals surface area contributed by atoms with Crippen molar-refractivity contribution in [2.45, 2.75) is 63.6 Å². The number of rotatable bonds is 5. The van der Waals surface area contributed by atoms with Crippen LogP contribution in [0.3, 0.4) is 0 Å². The molecule has 1 unspecified atom stereocenters. The number of nitriles is 1. The number of nitrogens with zero attached hydrogens (tertiary/aromatic N) is 3. The van der Waals surface area contributed by atoms with Gasteiger partial charge in [0.2, 0.25) is 5.91 Å². The number of aromatic nitrogens is 1. The van der Waals surface area contributed by atoms with Crippen LogP contribution >= 0.6 is 11.3 Å². The zero-order valence-corrected chi connectivity index (χ0v) is 20.0. The minimum Gasteiger partial charge on any atom is -0.390 e. The minimum absolute atomic E-state index is 0.0741. The molecule has 6 nitrogen and oxygen atoms in total. The fraction of sp³-hybridized carbons (Fsp3) is 0.560. The lowest BCUT2D eigenvalue weighted by atomic mass is 9.75. The van der Waals surface area contributed by atoms with Crippen molar-refractivity contribution in [1.82, 2.24) is 10.3 Å². The Bertz CT molecular complexity index is 1020. The first kappa shape index (κ1) is 23.7. The zero-order valence-electron chi connectivity index (χ0n) is 19.2. The number of aliphatic hydroxyl groups is 1. The predicted molar refractivity (Wildman–Crippen MR) is 128 cm³/mol. The fourth-order valence-corrected chi connectivity index (χ4v) is 5.96. The average Bonchev–Trinajstić information content (AvgIpc) is 3.19. The molecule has 1 aromatic heterocycles.